The first-order valence-corrected chi connectivity index (χ1v) is 2.52. The summed E-state index contributed by atoms with van der Waals surface area (Å²) in [6.07, 6.45) is 1.98. The van der Waals surface area contributed by atoms with Crippen LogP contribution in [0.2, 0.25) is 0 Å². The molecule has 0 bridgehead atoms. The second kappa shape index (κ2) is 1.80. The Kier molecular flexibility index (Phi) is 1.30. The summed E-state index contributed by atoms with van der Waals surface area (Å²) in [5, 5.41) is 0. The van der Waals surface area contributed by atoms with Crippen LogP contribution in [-0.2, 0) is 4.74 Å². The van der Waals surface area contributed by atoms with E-state index in [2.05, 4.69) is 0 Å². The van der Waals surface area contributed by atoms with E-state index in [9.17, 15) is 0 Å². The van der Waals surface area contributed by atoms with E-state index < -0.39 is 0 Å². The molecular formula is C5H10NO. The fourth-order valence-electron chi connectivity index (χ4n) is 0.657. The van der Waals surface area contributed by atoms with Gasteiger partial charge in [-0.1, -0.05) is 0 Å². The Labute approximate surface area is 43.6 Å². The quantitative estimate of drug-likeness (QED) is 0.474. The molecule has 0 amide bonds. The van der Waals surface area contributed by atoms with Crippen molar-refractivity contribution in [2.24, 2.45) is 5.73 Å². The van der Waals surface area contributed by atoms with Crippen LogP contribution in [0.5, 0.6) is 0 Å². The van der Waals surface area contributed by atoms with Crippen LogP contribution in [-0.4, -0.2) is 12.6 Å². The Morgan fingerprint density at radius 2 is 2.57 bits per heavy atom. The van der Waals surface area contributed by atoms with Gasteiger partial charge in [-0.25, -0.2) is 0 Å². The second-order valence-electron chi connectivity index (χ2n) is 1.85. The van der Waals surface area contributed by atoms with Gasteiger partial charge >= 0.3 is 0 Å². The first kappa shape index (κ1) is 5.06. The summed E-state index contributed by atoms with van der Waals surface area (Å²) in [7, 11) is 0. The lowest BCUT2D eigenvalue weighted by Gasteiger charge is -2.03. The summed E-state index contributed by atoms with van der Waals surface area (Å²) >= 11 is 0. The van der Waals surface area contributed by atoms with Gasteiger partial charge in [-0.2, -0.15) is 0 Å². The van der Waals surface area contributed by atoms with E-state index in [-0.39, 0.29) is 6.04 Å². The summed E-state index contributed by atoms with van der Waals surface area (Å²) in [6.45, 7) is 2.74. The fraction of sp³-hybridized carbons (Fsp3) is 0.800. The Hall–Kier alpha value is -0.0800. The molecule has 7 heavy (non-hydrogen) atoms. The molecule has 0 saturated carbocycles. The molecular weight excluding hydrogens is 90.1 g/mol. The van der Waals surface area contributed by atoms with E-state index in [1.807, 2.05) is 6.92 Å². The zero-order valence-corrected chi connectivity index (χ0v) is 4.48. The normalized spacial score (nSPS) is 34.3. The number of nitrogens with two attached hydrogens (primary N) is 1. The van der Waals surface area contributed by atoms with Gasteiger partial charge in [0.15, 0.2) is 0 Å². The third-order valence-electron chi connectivity index (χ3n) is 1.28. The minimum atomic E-state index is 0.208. The summed E-state index contributed by atoms with van der Waals surface area (Å²) in [4.78, 5) is 0. The largest absolute Gasteiger partial charge is 0.371 e. The van der Waals surface area contributed by atoms with E-state index in [1.54, 1.807) is 0 Å². The maximum atomic E-state index is 5.52. The van der Waals surface area contributed by atoms with Crippen LogP contribution in [0, 0.1) is 6.10 Å². The highest BCUT2D eigenvalue weighted by atomic mass is 16.5. The van der Waals surface area contributed by atoms with Gasteiger partial charge in [0.05, 0.1) is 0 Å². The Bertz CT molecular complexity index is 57.1. The van der Waals surface area contributed by atoms with Crippen molar-refractivity contribution >= 4 is 0 Å². The van der Waals surface area contributed by atoms with E-state index in [0.717, 1.165) is 19.1 Å². The minimum absolute atomic E-state index is 0.208. The van der Waals surface area contributed by atoms with Crippen LogP contribution in [0.3, 0.4) is 0 Å². The Morgan fingerprint density at radius 3 is 2.71 bits per heavy atom. The highest BCUT2D eigenvalue weighted by molar-refractivity contribution is 4.90. The monoisotopic (exact) mass is 100 g/mol. The third-order valence-corrected chi connectivity index (χ3v) is 1.28. The molecule has 1 aliphatic heterocycles. The maximum absolute atomic E-state index is 5.52. The van der Waals surface area contributed by atoms with Gasteiger partial charge in [0, 0.05) is 12.6 Å². The molecule has 1 saturated heterocycles. The number of ether oxygens (including phenoxy) is 1. The average Bonchev–Trinajstić information content (AvgIpc) is 1.91. The SMILES string of the molecule is C[C]1OCCC1N. The molecule has 1 fully saturated rings. The first-order chi connectivity index (χ1) is 3.30. The minimum Gasteiger partial charge on any atom is -0.371 e. The summed E-state index contributed by atoms with van der Waals surface area (Å²) < 4.78 is 5.06. The standard InChI is InChI=1S/C5H10NO/c1-4-5(6)2-3-7-4/h5H,2-3,6H2,1H3. The molecule has 1 radical (unpaired) electrons. The van der Waals surface area contributed by atoms with E-state index >= 15 is 0 Å². The highest BCUT2D eigenvalue weighted by Gasteiger charge is 2.20. The molecule has 0 aromatic rings. The van der Waals surface area contributed by atoms with Gasteiger partial charge in [0.1, 0.15) is 6.10 Å². The van der Waals surface area contributed by atoms with Crippen LogP contribution in [0.25, 0.3) is 0 Å². The van der Waals surface area contributed by atoms with Crippen LogP contribution in [0.4, 0.5) is 0 Å². The molecule has 0 aliphatic carbocycles. The van der Waals surface area contributed by atoms with Crippen molar-refractivity contribution in [2.75, 3.05) is 6.61 Å². The lowest BCUT2D eigenvalue weighted by Crippen LogP contribution is -2.20. The first-order valence-electron chi connectivity index (χ1n) is 2.52. The molecule has 1 aliphatic rings. The number of hydrogen-bond acceptors (Lipinski definition) is 2. The topological polar surface area (TPSA) is 35.2 Å². The zero-order valence-electron chi connectivity index (χ0n) is 4.48. The van der Waals surface area contributed by atoms with E-state index in [4.69, 9.17) is 10.5 Å². The van der Waals surface area contributed by atoms with Crippen molar-refractivity contribution in [3.8, 4) is 0 Å². The van der Waals surface area contributed by atoms with Gasteiger partial charge in [0.25, 0.3) is 0 Å². The van der Waals surface area contributed by atoms with Crippen molar-refractivity contribution in [2.45, 2.75) is 19.4 Å². The van der Waals surface area contributed by atoms with Crippen molar-refractivity contribution in [1.82, 2.24) is 0 Å². The summed E-state index contributed by atoms with van der Waals surface area (Å²) in [6, 6.07) is 0.208. The Morgan fingerprint density at radius 1 is 1.86 bits per heavy atom. The summed E-state index contributed by atoms with van der Waals surface area (Å²) in [5.74, 6) is 0. The van der Waals surface area contributed by atoms with Crippen molar-refractivity contribution < 1.29 is 4.74 Å². The molecule has 0 aromatic heterocycles. The van der Waals surface area contributed by atoms with Crippen molar-refractivity contribution in [3.63, 3.8) is 0 Å². The maximum Gasteiger partial charge on any atom is 0.111 e. The highest BCUT2D eigenvalue weighted by Crippen LogP contribution is 2.16. The lowest BCUT2D eigenvalue weighted by molar-refractivity contribution is 0.202. The fourth-order valence-corrected chi connectivity index (χ4v) is 0.657. The molecule has 1 atom stereocenters. The lowest BCUT2D eigenvalue weighted by atomic mass is 10.2. The molecule has 2 N–H and O–H groups in total. The molecule has 41 valence electrons. The smallest absolute Gasteiger partial charge is 0.111 e. The van der Waals surface area contributed by atoms with Crippen LogP contribution >= 0.6 is 0 Å². The van der Waals surface area contributed by atoms with Crippen LogP contribution < -0.4 is 5.73 Å². The van der Waals surface area contributed by atoms with Crippen LogP contribution in [0.1, 0.15) is 13.3 Å². The Balaban J connectivity index is 2.33. The molecule has 2 heteroatoms. The molecule has 0 aromatic carbocycles. The van der Waals surface area contributed by atoms with Gasteiger partial charge in [-0.15, -0.1) is 0 Å². The third kappa shape index (κ3) is 0.924. The van der Waals surface area contributed by atoms with Gasteiger partial charge in [0.2, 0.25) is 0 Å². The molecule has 2 nitrogen and oxygen atoms in total. The number of hydrogen-bond donors (Lipinski definition) is 1. The molecule has 1 rings (SSSR count). The number of rotatable bonds is 0. The van der Waals surface area contributed by atoms with Gasteiger partial charge < -0.3 is 10.5 Å². The van der Waals surface area contributed by atoms with Gasteiger partial charge in [-0.3, -0.25) is 0 Å². The van der Waals surface area contributed by atoms with Gasteiger partial charge in [-0.05, 0) is 13.3 Å². The predicted octanol–water partition coefficient (Wildman–Crippen LogP) is 0.286. The molecule has 1 heterocycles. The summed E-state index contributed by atoms with van der Waals surface area (Å²) in [5.41, 5.74) is 5.52. The van der Waals surface area contributed by atoms with E-state index in [0.29, 0.717) is 0 Å². The average molecular weight is 100 g/mol. The van der Waals surface area contributed by atoms with Crippen molar-refractivity contribution in [1.29, 1.82) is 0 Å². The zero-order chi connectivity index (χ0) is 5.28. The van der Waals surface area contributed by atoms with Crippen molar-refractivity contribution in [3.05, 3.63) is 6.10 Å². The molecule has 0 spiro atoms. The predicted molar refractivity (Wildman–Crippen MR) is 27.5 cm³/mol. The second-order valence-corrected chi connectivity index (χ2v) is 1.85. The van der Waals surface area contributed by atoms with E-state index in [1.165, 1.54) is 0 Å². The molecule has 1 unspecified atom stereocenters. The van der Waals surface area contributed by atoms with Crippen LogP contribution in [0.15, 0.2) is 0 Å².